The predicted octanol–water partition coefficient (Wildman–Crippen LogP) is 3.81. The minimum absolute atomic E-state index is 0.135. The Hall–Kier alpha value is 0.360. The van der Waals surface area contributed by atoms with Crippen LogP contribution in [0.5, 0.6) is 0 Å². The lowest BCUT2D eigenvalue weighted by molar-refractivity contribution is 0.617. The van der Waals surface area contributed by atoms with Gasteiger partial charge in [0.25, 0.3) is 0 Å². The van der Waals surface area contributed by atoms with Crippen LogP contribution in [0.15, 0.2) is 10.5 Å². The maximum atomic E-state index is 13.0. The maximum Gasteiger partial charge on any atom is 0.137 e. The van der Waals surface area contributed by atoms with Gasteiger partial charge in [0, 0.05) is 4.47 Å². The highest BCUT2D eigenvalue weighted by molar-refractivity contribution is 14.1. The van der Waals surface area contributed by atoms with E-state index in [1.165, 1.54) is 0 Å². The van der Waals surface area contributed by atoms with Gasteiger partial charge in [0.15, 0.2) is 0 Å². The van der Waals surface area contributed by atoms with E-state index in [2.05, 4.69) is 15.9 Å². The maximum absolute atomic E-state index is 13.0. The fraction of sp³-hybridized carbons (Fsp3) is 0.250. The fourth-order valence-electron chi connectivity index (χ4n) is 0.888. The zero-order valence-electron chi connectivity index (χ0n) is 6.21. The van der Waals surface area contributed by atoms with Crippen LogP contribution < -0.4 is 0 Å². The topological polar surface area (TPSA) is 0 Å². The Morgan fingerprint density at radius 2 is 2.00 bits per heavy atom. The molecule has 0 unspecified atom stereocenters. The van der Waals surface area contributed by atoms with Crippen molar-refractivity contribution in [1.29, 1.82) is 0 Å². The van der Waals surface area contributed by atoms with Crippen LogP contribution in [0.4, 0.5) is 4.39 Å². The van der Waals surface area contributed by atoms with Crippen LogP contribution in [-0.4, -0.2) is 0 Å². The van der Waals surface area contributed by atoms with Gasteiger partial charge in [-0.3, -0.25) is 0 Å². The van der Waals surface area contributed by atoms with Gasteiger partial charge in [0.05, 0.1) is 3.57 Å². The van der Waals surface area contributed by atoms with Crippen LogP contribution in [0.25, 0.3) is 0 Å². The number of hydrogen-bond donors (Lipinski definition) is 0. The van der Waals surface area contributed by atoms with Crippen LogP contribution in [0, 0.1) is 23.2 Å². The smallest absolute Gasteiger partial charge is 0.137 e. The second-order valence-electron chi connectivity index (χ2n) is 2.43. The molecule has 0 heterocycles. The average molecular weight is 329 g/mol. The van der Waals surface area contributed by atoms with E-state index in [-0.39, 0.29) is 5.82 Å². The molecule has 11 heavy (non-hydrogen) atoms. The van der Waals surface area contributed by atoms with E-state index in [1.807, 2.05) is 36.4 Å². The van der Waals surface area contributed by atoms with Gasteiger partial charge >= 0.3 is 0 Å². The minimum Gasteiger partial charge on any atom is -0.206 e. The summed E-state index contributed by atoms with van der Waals surface area (Å²) in [5, 5.41) is 0. The highest BCUT2D eigenvalue weighted by atomic mass is 127. The summed E-state index contributed by atoms with van der Waals surface area (Å²) in [5.74, 6) is -0.135. The van der Waals surface area contributed by atoms with E-state index >= 15 is 0 Å². The molecular formula is C8H7BrFI. The van der Waals surface area contributed by atoms with Gasteiger partial charge < -0.3 is 0 Å². The molecule has 0 saturated carbocycles. The van der Waals surface area contributed by atoms with Gasteiger partial charge in [-0.15, -0.1) is 0 Å². The average Bonchev–Trinajstić information content (AvgIpc) is 1.97. The third-order valence-electron chi connectivity index (χ3n) is 1.56. The molecule has 0 aliphatic rings. The van der Waals surface area contributed by atoms with Crippen molar-refractivity contribution in [2.24, 2.45) is 0 Å². The number of benzene rings is 1. The van der Waals surface area contributed by atoms with Crippen LogP contribution in [0.1, 0.15) is 11.1 Å². The molecule has 0 nitrogen and oxygen atoms in total. The van der Waals surface area contributed by atoms with E-state index in [0.717, 1.165) is 15.6 Å². The Morgan fingerprint density at radius 3 is 2.55 bits per heavy atom. The molecular weight excluding hydrogens is 322 g/mol. The molecule has 0 fully saturated rings. The summed E-state index contributed by atoms with van der Waals surface area (Å²) in [6.07, 6.45) is 0. The van der Waals surface area contributed by atoms with Gasteiger partial charge in [-0.05, 0) is 53.6 Å². The Labute approximate surface area is 87.5 Å². The SMILES string of the molecule is Cc1cc(F)c(I)c(C)c1Br. The summed E-state index contributed by atoms with van der Waals surface area (Å²) < 4.78 is 14.7. The van der Waals surface area contributed by atoms with E-state index < -0.39 is 0 Å². The van der Waals surface area contributed by atoms with E-state index in [0.29, 0.717) is 3.57 Å². The molecule has 0 aliphatic carbocycles. The molecule has 0 aromatic heterocycles. The van der Waals surface area contributed by atoms with Crippen molar-refractivity contribution in [1.82, 2.24) is 0 Å². The van der Waals surface area contributed by atoms with Crippen molar-refractivity contribution in [2.75, 3.05) is 0 Å². The van der Waals surface area contributed by atoms with Gasteiger partial charge in [-0.1, -0.05) is 15.9 Å². The number of aryl methyl sites for hydroxylation is 1. The summed E-state index contributed by atoms with van der Waals surface area (Å²) in [5.41, 5.74) is 1.92. The first-order valence-corrected chi connectivity index (χ1v) is 5.02. The third kappa shape index (κ3) is 1.75. The largest absolute Gasteiger partial charge is 0.206 e. The van der Waals surface area contributed by atoms with E-state index in [9.17, 15) is 4.39 Å². The third-order valence-corrected chi connectivity index (χ3v) is 4.10. The first-order chi connectivity index (χ1) is 5.04. The molecule has 0 bridgehead atoms. The Bertz CT molecular complexity index is 270. The highest BCUT2D eigenvalue weighted by Crippen LogP contribution is 2.27. The molecule has 0 N–H and O–H groups in total. The summed E-state index contributed by atoms with van der Waals surface area (Å²) in [4.78, 5) is 0. The molecule has 60 valence electrons. The molecule has 1 aromatic rings. The van der Waals surface area contributed by atoms with E-state index in [4.69, 9.17) is 0 Å². The summed E-state index contributed by atoms with van der Waals surface area (Å²) in [6, 6.07) is 1.54. The first-order valence-electron chi connectivity index (χ1n) is 3.14. The normalized spacial score (nSPS) is 10.3. The predicted molar refractivity (Wildman–Crippen MR) is 56.3 cm³/mol. The van der Waals surface area contributed by atoms with Gasteiger partial charge in [-0.2, -0.15) is 0 Å². The van der Waals surface area contributed by atoms with Crippen molar-refractivity contribution < 1.29 is 4.39 Å². The number of rotatable bonds is 0. The second kappa shape index (κ2) is 3.39. The molecule has 0 atom stereocenters. The molecule has 3 heteroatoms. The van der Waals surface area contributed by atoms with Crippen LogP contribution in [0.3, 0.4) is 0 Å². The van der Waals surface area contributed by atoms with Crippen LogP contribution >= 0.6 is 38.5 Å². The summed E-state index contributed by atoms with van der Waals surface area (Å²) in [7, 11) is 0. The quantitative estimate of drug-likeness (QED) is 0.502. The van der Waals surface area contributed by atoms with E-state index in [1.54, 1.807) is 6.07 Å². The Morgan fingerprint density at radius 1 is 1.45 bits per heavy atom. The molecule has 1 rings (SSSR count). The summed E-state index contributed by atoms with van der Waals surface area (Å²) >= 11 is 5.40. The van der Waals surface area contributed by atoms with Crippen molar-refractivity contribution in [3.05, 3.63) is 31.1 Å². The summed E-state index contributed by atoms with van der Waals surface area (Å²) in [6.45, 7) is 3.79. The van der Waals surface area contributed by atoms with Crippen molar-refractivity contribution >= 4 is 38.5 Å². The molecule has 0 amide bonds. The fourth-order valence-corrected chi connectivity index (χ4v) is 2.00. The lowest BCUT2D eigenvalue weighted by Gasteiger charge is -2.05. The standard InChI is InChI=1S/C8H7BrFI/c1-4-3-6(10)8(11)5(2)7(4)9/h3H,1-2H3. The monoisotopic (exact) mass is 328 g/mol. The zero-order chi connectivity index (χ0) is 8.59. The molecule has 0 radical (unpaired) electrons. The molecule has 0 spiro atoms. The van der Waals surface area contributed by atoms with Crippen molar-refractivity contribution in [3.63, 3.8) is 0 Å². The molecule has 1 aromatic carbocycles. The lowest BCUT2D eigenvalue weighted by Crippen LogP contribution is -1.91. The van der Waals surface area contributed by atoms with Gasteiger partial charge in [0.2, 0.25) is 0 Å². The van der Waals surface area contributed by atoms with Crippen molar-refractivity contribution in [2.45, 2.75) is 13.8 Å². The van der Waals surface area contributed by atoms with Crippen LogP contribution in [0.2, 0.25) is 0 Å². The van der Waals surface area contributed by atoms with Crippen LogP contribution in [-0.2, 0) is 0 Å². The highest BCUT2D eigenvalue weighted by Gasteiger charge is 2.07. The molecule has 0 saturated heterocycles. The second-order valence-corrected chi connectivity index (χ2v) is 4.30. The van der Waals surface area contributed by atoms with Crippen molar-refractivity contribution in [3.8, 4) is 0 Å². The Kier molecular flexibility index (Phi) is 2.91. The zero-order valence-corrected chi connectivity index (χ0v) is 9.95. The lowest BCUT2D eigenvalue weighted by atomic mass is 10.1. The Balaban J connectivity index is 3.46. The number of halogens is 3. The minimum atomic E-state index is -0.135. The van der Waals surface area contributed by atoms with Gasteiger partial charge in [-0.25, -0.2) is 4.39 Å². The first kappa shape index (κ1) is 9.45. The molecule has 0 aliphatic heterocycles. The number of hydrogen-bond acceptors (Lipinski definition) is 0. The van der Waals surface area contributed by atoms with Gasteiger partial charge in [0.1, 0.15) is 5.82 Å².